The first kappa shape index (κ1) is 20.1. The minimum Gasteiger partial charge on any atom is -0.449 e. The number of methoxy groups -OCH3 is 1. The lowest BCUT2D eigenvalue weighted by atomic mass is 10.1. The van der Waals surface area contributed by atoms with Crippen LogP contribution in [0.25, 0.3) is 11.0 Å². The molecule has 0 bridgehead atoms. The van der Waals surface area contributed by atoms with Gasteiger partial charge in [0.15, 0.2) is 0 Å². The first-order chi connectivity index (χ1) is 14.7. The van der Waals surface area contributed by atoms with Gasteiger partial charge in [0.25, 0.3) is 5.91 Å². The Morgan fingerprint density at radius 3 is 2.47 bits per heavy atom. The number of rotatable bonds is 6. The summed E-state index contributed by atoms with van der Waals surface area (Å²) in [5.41, 5.74) is 1.77. The van der Waals surface area contributed by atoms with Gasteiger partial charge in [-0.2, -0.15) is 0 Å². The predicted molar refractivity (Wildman–Crippen MR) is 109 cm³/mol. The van der Waals surface area contributed by atoms with E-state index >= 15 is 0 Å². The highest BCUT2D eigenvalue weighted by Crippen LogP contribution is 2.29. The number of benzene rings is 2. The van der Waals surface area contributed by atoms with Gasteiger partial charge in [-0.05, 0) is 6.07 Å². The number of carbonyl (C=O) groups excluding carboxylic acids is 2. The number of amides is 1. The van der Waals surface area contributed by atoms with Gasteiger partial charge in [-0.3, -0.25) is 4.79 Å². The largest absolute Gasteiger partial charge is 0.449 e. The number of nitrogens with zero attached hydrogens (tertiary/aromatic N) is 1. The lowest BCUT2D eigenvalue weighted by Crippen LogP contribution is -2.44. The summed E-state index contributed by atoms with van der Waals surface area (Å²) in [5.74, 6) is -0.926. The highest BCUT2D eigenvalue weighted by atomic mass is 16.6. The molecule has 1 amide bonds. The van der Waals surface area contributed by atoms with Crippen LogP contribution in [0.15, 0.2) is 59.0 Å². The molecule has 156 valence electrons. The number of ether oxygens (including phenoxy) is 3. The molecular formula is C23H23NO6. The maximum atomic E-state index is 13.2. The Labute approximate surface area is 174 Å². The minimum atomic E-state index is -1.07. The van der Waals surface area contributed by atoms with Gasteiger partial charge in [-0.1, -0.05) is 48.5 Å². The van der Waals surface area contributed by atoms with Crippen LogP contribution < -0.4 is 0 Å². The Morgan fingerprint density at radius 1 is 1.03 bits per heavy atom. The van der Waals surface area contributed by atoms with Crippen molar-refractivity contribution < 1.29 is 28.2 Å². The molecule has 0 radical (unpaired) electrons. The van der Waals surface area contributed by atoms with Crippen LogP contribution in [0, 0.1) is 0 Å². The van der Waals surface area contributed by atoms with E-state index in [1.165, 1.54) is 0 Å². The molecule has 7 nitrogen and oxygen atoms in total. The van der Waals surface area contributed by atoms with E-state index in [1.54, 1.807) is 42.3 Å². The molecule has 1 aromatic heterocycles. The summed E-state index contributed by atoms with van der Waals surface area (Å²) in [7, 11) is 1.55. The van der Waals surface area contributed by atoms with E-state index < -0.39 is 12.1 Å². The molecule has 30 heavy (non-hydrogen) atoms. The zero-order valence-corrected chi connectivity index (χ0v) is 16.7. The van der Waals surface area contributed by atoms with Crippen LogP contribution in [0.4, 0.5) is 0 Å². The van der Waals surface area contributed by atoms with E-state index in [4.69, 9.17) is 18.6 Å². The van der Waals surface area contributed by atoms with Crippen LogP contribution >= 0.6 is 0 Å². The van der Waals surface area contributed by atoms with Crippen molar-refractivity contribution in [2.24, 2.45) is 0 Å². The zero-order chi connectivity index (χ0) is 20.9. The van der Waals surface area contributed by atoms with Crippen molar-refractivity contribution in [1.29, 1.82) is 0 Å². The molecule has 0 unspecified atom stereocenters. The highest BCUT2D eigenvalue weighted by molar-refractivity contribution is 5.97. The number of hydrogen-bond acceptors (Lipinski definition) is 6. The van der Waals surface area contributed by atoms with E-state index in [2.05, 4.69) is 0 Å². The van der Waals surface area contributed by atoms with Crippen LogP contribution in [0.1, 0.15) is 27.8 Å². The SMILES string of the molecule is COCc1c(C(=O)O[C@@H](C(=O)N2CCOCC2)c2ccccc2)oc2ccccc12. The maximum Gasteiger partial charge on any atom is 0.375 e. The summed E-state index contributed by atoms with van der Waals surface area (Å²) in [6, 6.07) is 16.3. The Bertz CT molecular complexity index is 1020. The molecular weight excluding hydrogens is 386 g/mol. The summed E-state index contributed by atoms with van der Waals surface area (Å²) >= 11 is 0. The lowest BCUT2D eigenvalue weighted by Gasteiger charge is -2.30. The van der Waals surface area contributed by atoms with Gasteiger partial charge in [-0.15, -0.1) is 0 Å². The van der Waals surface area contributed by atoms with Gasteiger partial charge < -0.3 is 23.5 Å². The van der Waals surface area contributed by atoms with Gasteiger partial charge in [0.1, 0.15) is 5.58 Å². The quantitative estimate of drug-likeness (QED) is 0.581. The van der Waals surface area contributed by atoms with E-state index in [9.17, 15) is 9.59 Å². The summed E-state index contributed by atoms with van der Waals surface area (Å²) < 4.78 is 22.1. The van der Waals surface area contributed by atoms with Gasteiger partial charge in [-0.25, -0.2) is 4.79 Å². The van der Waals surface area contributed by atoms with Crippen molar-refractivity contribution in [3.8, 4) is 0 Å². The number of fused-ring (bicyclic) bond motifs is 1. The monoisotopic (exact) mass is 409 g/mol. The number of para-hydroxylation sites is 1. The Morgan fingerprint density at radius 2 is 1.73 bits per heavy atom. The van der Waals surface area contributed by atoms with Crippen molar-refractivity contribution in [1.82, 2.24) is 4.90 Å². The zero-order valence-electron chi connectivity index (χ0n) is 16.7. The standard InChI is InChI=1S/C23H23NO6/c1-27-15-18-17-9-5-6-10-19(17)29-21(18)23(26)30-20(16-7-3-2-4-8-16)22(25)24-11-13-28-14-12-24/h2-10,20H,11-15H2,1H3/t20-/m1/s1. The molecule has 2 heterocycles. The number of furan rings is 1. The molecule has 1 fully saturated rings. The third-order valence-electron chi connectivity index (χ3n) is 5.05. The van der Waals surface area contributed by atoms with Gasteiger partial charge in [0, 0.05) is 36.7 Å². The fraction of sp³-hybridized carbons (Fsp3) is 0.304. The molecule has 1 saturated heterocycles. The molecule has 0 saturated carbocycles. The van der Waals surface area contributed by atoms with Crippen molar-refractivity contribution in [3.05, 3.63) is 71.5 Å². The topological polar surface area (TPSA) is 78.2 Å². The van der Waals surface area contributed by atoms with E-state index in [0.29, 0.717) is 43.0 Å². The Kier molecular flexibility index (Phi) is 6.11. The molecule has 0 aliphatic carbocycles. The third-order valence-corrected chi connectivity index (χ3v) is 5.05. The van der Waals surface area contributed by atoms with Crippen molar-refractivity contribution in [2.45, 2.75) is 12.7 Å². The van der Waals surface area contributed by atoms with Crippen LogP contribution in [0.3, 0.4) is 0 Å². The lowest BCUT2D eigenvalue weighted by molar-refractivity contribution is -0.145. The van der Waals surface area contributed by atoms with Gasteiger partial charge >= 0.3 is 5.97 Å². The van der Waals surface area contributed by atoms with Gasteiger partial charge in [0.2, 0.25) is 11.9 Å². The third kappa shape index (κ3) is 4.08. The summed E-state index contributed by atoms with van der Waals surface area (Å²) in [4.78, 5) is 28.0. The highest BCUT2D eigenvalue weighted by Gasteiger charge is 2.33. The number of carbonyl (C=O) groups is 2. The molecule has 4 rings (SSSR count). The van der Waals surface area contributed by atoms with E-state index in [-0.39, 0.29) is 18.3 Å². The summed E-state index contributed by atoms with van der Waals surface area (Å²) in [5, 5.41) is 0.780. The first-order valence-electron chi connectivity index (χ1n) is 9.81. The minimum absolute atomic E-state index is 0.0498. The van der Waals surface area contributed by atoms with E-state index in [1.807, 2.05) is 24.3 Å². The fourth-order valence-corrected chi connectivity index (χ4v) is 3.55. The van der Waals surface area contributed by atoms with Crippen LogP contribution in [0.2, 0.25) is 0 Å². The Hall–Kier alpha value is -3.16. The van der Waals surface area contributed by atoms with Gasteiger partial charge in [0.05, 0.1) is 19.8 Å². The average molecular weight is 409 g/mol. The first-order valence-corrected chi connectivity index (χ1v) is 9.81. The van der Waals surface area contributed by atoms with E-state index in [0.717, 1.165) is 5.39 Å². The second-order valence-electron chi connectivity index (χ2n) is 6.97. The molecule has 1 atom stereocenters. The normalized spacial score (nSPS) is 15.2. The molecule has 0 N–H and O–H groups in total. The molecule has 7 heteroatoms. The van der Waals surface area contributed by atoms with Crippen LogP contribution in [-0.2, 0) is 25.6 Å². The number of hydrogen-bond donors (Lipinski definition) is 0. The molecule has 0 spiro atoms. The smallest absolute Gasteiger partial charge is 0.375 e. The molecule has 2 aromatic carbocycles. The molecule has 3 aromatic rings. The fourth-order valence-electron chi connectivity index (χ4n) is 3.55. The summed E-state index contributed by atoms with van der Waals surface area (Å²) in [6.45, 7) is 2.03. The Balaban J connectivity index is 1.66. The number of morpholine rings is 1. The molecule has 1 aliphatic rings. The summed E-state index contributed by atoms with van der Waals surface area (Å²) in [6.07, 6.45) is -1.07. The molecule has 1 aliphatic heterocycles. The average Bonchev–Trinajstić information content (AvgIpc) is 3.17. The van der Waals surface area contributed by atoms with Crippen molar-refractivity contribution in [2.75, 3.05) is 33.4 Å². The van der Waals surface area contributed by atoms with Crippen molar-refractivity contribution in [3.63, 3.8) is 0 Å². The predicted octanol–water partition coefficient (Wildman–Crippen LogP) is 3.34. The number of esters is 1. The maximum absolute atomic E-state index is 13.2. The second kappa shape index (κ2) is 9.11. The van der Waals surface area contributed by atoms with Crippen molar-refractivity contribution >= 4 is 22.8 Å². The van der Waals surface area contributed by atoms with Crippen LogP contribution in [-0.4, -0.2) is 50.2 Å². The second-order valence-corrected chi connectivity index (χ2v) is 6.97. The van der Waals surface area contributed by atoms with Crippen LogP contribution in [0.5, 0.6) is 0 Å².